The summed E-state index contributed by atoms with van der Waals surface area (Å²) in [4.78, 5) is 0.0543. The molecule has 8 heteroatoms. The Hall–Kier alpha value is -2.81. The molecule has 32 heavy (non-hydrogen) atoms. The van der Waals surface area contributed by atoms with Gasteiger partial charge in [0.15, 0.2) is 0 Å². The Morgan fingerprint density at radius 2 is 1.69 bits per heavy atom. The summed E-state index contributed by atoms with van der Waals surface area (Å²) in [6.45, 7) is 2.72. The van der Waals surface area contributed by atoms with Gasteiger partial charge in [0.25, 0.3) is 0 Å². The molecule has 0 atom stereocenters. The Morgan fingerprint density at radius 3 is 2.44 bits per heavy atom. The minimum atomic E-state index is -3.81. The van der Waals surface area contributed by atoms with Crippen LogP contribution in [0.4, 0.5) is 8.78 Å². The van der Waals surface area contributed by atoms with Crippen LogP contribution in [0.2, 0.25) is 0 Å². The zero-order valence-electron chi connectivity index (χ0n) is 17.6. The van der Waals surface area contributed by atoms with Crippen molar-refractivity contribution in [3.05, 3.63) is 94.6 Å². The van der Waals surface area contributed by atoms with Crippen molar-refractivity contribution in [2.45, 2.75) is 31.6 Å². The van der Waals surface area contributed by atoms with E-state index in [0.717, 1.165) is 16.7 Å². The molecule has 0 fully saturated rings. The maximum Gasteiger partial charge on any atom is 0.243 e. The van der Waals surface area contributed by atoms with Crippen LogP contribution >= 0.6 is 0 Å². The lowest BCUT2D eigenvalue weighted by molar-refractivity contribution is 0.107. The second-order valence-corrected chi connectivity index (χ2v) is 9.60. The molecule has 3 aromatic rings. The highest BCUT2D eigenvalue weighted by Gasteiger charge is 2.28. The van der Waals surface area contributed by atoms with Gasteiger partial charge in [0, 0.05) is 18.7 Å². The molecule has 1 heterocycles. The summed E-state index contributed by atoms with van der Waals surface area (Å²) in [5.41, 5.74) is 2.73. The standard InChI is InChI=1S/C24H23F2NO4S/c1-17-12-22(7-8-23(17)26)32(28,29)27-10-11-31-24-9-4-19(13-20(24)14-27)16-30-15-18-2-5-21(25)6-3-18/h2-9,12-13H,10-11,14-16H2,1H3. The first-order valence-electron chi connectivity index (χ1n) is 10.2. The van der Waals surface area contributed by atoms with Gasteiger partial charge in [-0.05, 0) is 66.1 Å². The van der Waals surface area contributed by atoms with Crippen LogP contribution in [0.15, 0.2) is 65.6 Å². The van der Waals surface area contributed by atoms with E-state index in [9.17, 15) is 17.2 Å². The zero-order valence-corrected chi connectivity index (χ0v) is 18.4. The summed E-state index contributed by atoms with van der Waals surface area (Å²) < 4.78 is 65.7. The number of nitrogens with zero attached hydrogens (tertiary/aromatic N) is 1. The molecule has 0 aliphatic carbocycles. The van der Waals surface area contributed by atoms with Crippen LogP contribution in [0.25, 0.3) is 0 Å². The quantitative estimate of drug-likeness (QED) is 0.542. The molecule has 3 aromatic carbocycles. The lowest BCUT2D eigenvalue weighted by Crippen LogP contribution is -2.32. The van der Waals surface area contributed by atoms with Crippen LogP contribution in [-0.4, -0.2) is 25.9 Å². The summed E-state index contributed by atoms with van der Waals surface area (Å²) in [5.74, 6) is -0.117. The molecule has 0 unspecified atom stereocenters. The summed E-state index contributed by atoms with van der Waals surface area (Å²) in [5, 5.41) is 0. The predicted molar refractivity (Wildman–Crippen MR) is 116 cm³/mol. The highest BCUT2D eigenvalue weighted by atomic mass is 32.2. The third-order valence-electron chi connectivity index (χ3n) is 5.29. The molecular weight excluding hydrogens is 436 g/mol. The van der Waals surface area contributed by atoms with Crippen molar-refractivity contribution in [1.29, 1.82) is 0 Å². The van der Waals surface area contributed by atoms with Gasteiger partial charge in [0.1, 0.15) is 24.0 Å². The van der Waals surface area contributed by atoms with Crippen molar-refractivity contribution in [2.24, 2.45) is 0 Å². The number of ether oxygens (including phenoxy) is 2. The van der Waals surface area contributed by atoms with Crippen molar-refractivity contribution >= 4 is 10.0 Å². The summed E-state index contributed by atoms with van der Waals surface area (Å²) in [6.07, 6.45) is 0. The third kappa shape index (κ3) is 4.98. The maximum atomic E-state index is 13.6. The Bertz CT molecular complexity index is 1210. The second-order valence-electron chi connectivity index (χ2n) is 7.66. The van der Waals surface area contributed by atoms with Crippen LogP contribution in [0, 0.1) is 18.6 Å². The van der Waals surface area contributed by atoms with E-state index < -0.39 is 15.8 Å². The van der Waals surface area contributed by atoms with E-state index in [1.54, 1.807) is 12.1 Å². The van der Waals surface area contributed by atoms with Gasteiger partial charge >= 0.3 is 0 Å². The molecule has 0 N–H and O–H groups in total. The molecule has 0 saturated carbocycles. The average molecular weight is 460 g/mol. The number of aryl methyl sites for hydroxylation is 1. The van der Waals surface area contributed by atoms with Crippen LogP contribution in [-0.2, 0) is 34.5 Å². The monoisotopic (exact) mass is 459 g/mol. The number of hydrogen-bond acceptors (Lipinski definition) is 4. The summed E-state index contributed by atoms with van der Waals surface area (Å²) in [7, 11) is -3.81. The van der Waals surface area contributed by atoms with Gasteiger partial charge in [-0.25, -0.2) is 17.2 Å². The summed E-state index contributed by atoms with van der Waals surface area (Å²) in [6, 6.07) is 15.4. The fraction of sp³-hybridized carbons (Fsp3) is 0.250. The minimum absolute atomic E-state index is 0.0543. The van der Waals surface area contributed by atoms with Crippen molar-refractivity contribution < 1.29 is 26.7 Å². The van der Waals surface area contributed by atoms with Crippen LogP contribution in [0.5, 0.6) is 5.75 Å². The molecule has 0 radical (unpaired) electrons. The van der Waals surface area contributed by atoms with Gasteiger partial charge in [0.05, 0.1) is 18.1 Å². The molecule has 0 bridgehead atoms. The number of rotatable bonds is 6. The highest BCUT2D eigenvalue weighted by molar-refractivity contribution is 7.89. The van der Waals surface area contributed by atoms with Gasteiger partial charge in [-0.15, -0.1) is 0 Å². The lowest BCUT2D eigenvalue weighted by Gasteiger charge is -2.20. The molecule has 168 valence electrons. The van der Waals surface area contributed by atoms with E-state index in [4.69, 9.17) is 9.47 Å². The number of benzene rings is 3. The van der Waals surface area contributed by atoms with Gasteiger partial charge in [0.2, 0.25) is 10.0 Å². The van der Waals surface area contributed by atoms with E-state index >= 15 is 0 Å². The molecule has 5 nitrogen and oxygen atoms in total. The van der Waals surface area contributed by atoms with Gasteiger partial charge in [-0.3, -0.25) is 0 Å². The van der Waals surface area contributed by atoms with Crippen molar-refractivity contribution in [3.63, 3.8) is 0 Å². The number of fused-ring (bicyclic) bond motifs is 1. The molecule has 0 aromatic heterocycles. The largest absolute Gasteiger partial charge is 0.492 e. The average Bonchev–Trinajstić information content (AvgIpc) is 2.99. The van der Waals surface area contributed by atoms with Crippen molar-refractivity contribution in [2.75, 3.05) is 13.2 Å². The van der Waals surface area contributed by atoms with E-state index in [1.165, 1.54) is 41.6 Å². The van der Waals surface area contributed by atoms with Crippen LogP contribution in [0.3, 0.4) is 0 Å². The first-order valence-corrected chi connectivity index (χ1v) is 11.6. The topological polar surface area (TPSA) is 55.8 Å². The van der Waals surface area contributed by atoms with E-state index in [1.807, 2.05) is 18.2 Å². The van der Waals surface area contributed by atoms with E-state index in [-0.39, 0.29) is 36.0 Å². The molecule has 1 aliphatic rings. The van der Waals surface area contributed by atoms with E-state index in [0.29, 0.717) is 19.0 Å². The van der Waals surface area contributed by atoms with Gasteiger partial charge in [-0.1, -0.05) is 18.2 Å². The zero-order chi connectivity index (χ0) is 22.7. The van der Waals surface area contributed by atoms with E-state index in [2.05, 4.69) is 0 Å². The Balaban J connectivity index is 1.49. The molecule has 4 rings (SSSR count). The number of halogens is 2. The van der Waals surface area contributed by atoms with Crippen LogP contribution < -0.4 is 4.74 Å². The molecule has 0 saturated heterocycles. The third-order valence-corrected chi connectivity index (χ3v) is 7.13. The van der Waals surface area contributed by atoms with Crippen molar-refractivity contribution in [1.82, 2.24) is 4.31 Å². The summed E-state index contributed by atoms with van der Waals surface area (Å²) >= 11 is 0. The molecule has 0 spiro atoms. The predicted octanol–water partition coefficient (Wildman–Crippen LogP) is 4.57. The molecular formula is C24H23F2NO4S. The normalized spacial score (nSPS) is 14.5. The SMILES string of the molecule is Cc1cc(S(=O)(=O)N2CCOc3ccc(COCc4ccc(F)cc4)cc3C2)ccc1F. The fourth-order valence-corrected chi connectivity index (χ4v) is 5.00. The molecule has 0 amide bonds. The minimum Gasteiger partial charge on any atom is -0.492 e. The Morgan fingerprint density at radius 1 is 0.969 bits per heavy atom. The first-order chi connectivity index (χ1) is 15.3. The maximum absolute atomic E-state index is 13.6. The Labute approximate surface area is 186 Å². The smallest absolute Gasteiger partial charge is 0.243 e. The highest BCUT2D eigenvalue weighted by Crippen LogP contribution is 2.28. The first kappa shape index (κ1) is 22.4. The Kier molecular flexibility index (Phi) is 6.55. The molecule has 1 aliphatic heterocycles. The fourth-order valence-electron chi connectivity index (χ4n) is 3.51. The van der Waals surface area contributed by atoms with Crippen LogP contribution in [0.1, 0.15) is 22.3 Å². The van der Waals surface area contributed by atoms with Gasteiger partial charge < -0.3 is 9.47 Å². The lowest BCUT2D eigenvalue weighted by atomic mass is 10.1. The number of hydrogen-bond donors (Lipinski definition) is 0. The van der Waals surface area contributed by atoms with Gasteiger partial charge in [-0.2, -0.15) is 4.31 Å². The van der Waals surface area contributed by atoms with Crippen molar-refractivity contribution in [3.8, 4) is 5.75 Å². The number of sulfonamides is 1. The second kappa shape index (κ2) is 9.36.